The first-order chi connectivity index (χ1) is 13.4. The highest BCUT2D eigenvalue weighted by Crippen LogP contribution is 2.29. The number of oxime groups is 1. The third-order valence-corrected chi connectivity index (χ3v) is 4.16. The molecule has 3 rings (SSSR count). The number of halogens is 2. The van der Waals surface area contributed by atoms with Crippen molar-refractivity contribution in [3.8, 4) is 11.1 Å². The van der Waals surface area contributed by atoms with Crippen LogP contribution in [0.15, 0.2) is 47.6 Å². The van der Waals surface area contributed by atoms with Crippen LogP contribution in [0.4, 0.5) is 14.5 Å². The normalized spacial score (nSPS) is 11.0. The maximum absolute atomic E-state index is 14.3. The summed E-state index contributed by atoms with van der Waals surface area (Å²) in [6.45, 7) is 1.56. The number of benzene rings is 2. The maximum Gasteiger partial charge on any atom is 0.262 e. The Morgan fingerprint density at radius 2 is 2.00 bits per heavy atom. The third-order valence-electron chi connectivity index (χ3n) is 4.16. The van der Waals surface area contributed by atoms with E-state index in [-0.39, 0.29) is 16.8 Å². The Hall–Kier alpha value is -3.55. The van der Waals surface area contributed by atoms with Crippen LogP contribution in [0.5, 0.6) is 0 Å². The largest absolute Gasteiger partial charge is 0.399 e. The average molecular weight is 384 g/mol. The first-order valence-electron chi connectivity index (χ1n) is 8.38. The second-order valence-electron chi connectivity index (χ2n) is 6.03. The van der Waals surface area contributed by atoms with Gasteiger partial charge in [-0.1, -0.05) is 29.4 Å². The number of hydrogen-bond donors (Lipinski definition) is 1. The second kappa shape index (κ2) is 7.99. The van der Waals surface area contributed by atoms with Crippen LogP contribution in [0.2, 0.25) is 0 Å². The number of anilines is 1. The maximum atomic E-state index is 14.3. The molecule has 0 saturated carbocycles. The number of amides is 1. The Morgan fingerprint density at radius 3 is 2.64 bits per heavy atom. The number of nitrogens with one attached hydrogen (secondary N) is 1. The van der Waals surface area contributed by atoms with Crippen molar-refractivity contribution in [2.75, 3.05) is 12.4 Å². The topological polar surface area (TPSA) is 68.5 Å². The Labute approximate surface area is 160 Å². The SMILES string of the molecule is CO/N=C/c1ccc(-c2ccccc2NC(=O)c2c(C)nn(C)c2F)cc1F. The van der Waals surface area contributed by atoms with Gasteiger partial charge < -0.3 is 10.2 Å². The number of carbonyl (C=O) groups is 1. The first-order valence-corrected chi connectivity index (χ1v) is 8.38. The van der Waals surface area contributed by atoms with Gasteiger partial charge in [-0.15, -0.1) is 0 Å². The summed E-state index contributed by atoms with van der Waals surface area (Å²) in [6.07, 6.45) is 1.26. The molecule has 1 amide bonds. The van der Waals surface area contributed by atoms with Crippen LogP contribution in [0.3, 0.4) is 0 Å². The van der Waals surface area contributed by atoms with Gasteiger partial charge in [0.2, 0.25) is 5.95 Å². The Kier molecular flexibility index (Phi) is 5.49. The molecule has 0 unspecified atom stereocenters. The van der Waals surface area contributed by atoms with Crippen LogP contribution in [0, 0.1) is 18.7 Å². The summed E-state index contributed by atoms with van der Waals surface area (Å²) in [5.74, 6) is -1.84. The van der Waals surface area contributed by atoms with Crippen LogP contribution in [-0.2, 0) is 11.9 Å². The summed E-state index contributed by atoms with van der Waals surface area (Å²) < 4.78 is 29.5. The van der Waals surface area contributed by atoms with Gasteiger partial charge in [0, 0.05) is 23.9 Å². The zero-order chi connectivity index (χ0) is 20.3. The van der Waals surface area contributed by atoms with E-state index >= 15 is 0 Å². The summed E-state index contributed by atoms with van der Waals surface area (Å²) in [5, 5.41) is 10.1. The van der Waals surface area contributed by atoms with Crippen molar-refractivity contribution in [3.63, 3.8) is 0 Å². The summed E-state index contributed by atoms with van der Waals surface area (Å²) in [4.78, 5) is 17.1. The van der Waals surface area contributed by atoms with Gasteiger partial charge in [0.15, 0.2) is 0 Å². The van der Waals surface area contributed by atoms with Crippen molar-refractivity contribution < 1.29 is 18.4 Å². The number of carbonyl (C=O) groups excluding carboxylic acids is 1. The highest BCUT2D eigenvalue weighted by atomic mass is 19.1. The molecule has 8 heteroatoms. The average Bonchev–Trinajstić information content (AvgIpc) is 2.93. The molecule has 0 aliphatic heterocycles. The molecule has 0 radical (unpaired) electrons. The van der Waals surface area contributed by atoms with E-state index < -0.39 is 17.7 Å². The quantitative estimate of drug-likeness (QED) is 0.536. The van der Waals surface area contributed by atoms with Crippen LogP contribution in [-0.4, -0.2) is 29.0 Å². The van der Waals surface area contributed by atoms with Crippen LogP contribution in [0.1, 0.15) is 21.6 Å². The van der Waals surface area contributed by atoms with E-state index in [0.717, 1.165) is 4.68 Å². The van der Waals surface area contributed by atoms with Gasteiger partial charge in [-0.25, -0.2) is 9.07 Å². The van der Waals surface area contributed by atoms with Crippen LogP contribution >= 0.6 is 0 Å². The molecule has 1 N–H and O–H groups in total. The molecule has 2 aromatic carbocycles. The first kappa shape index (κ1) is 19.2. The van der Waals surface area contributed by atoms with Gasteiger partial charge in [-0.3, -0.25) is 4.79 Å². The van der Waals surface area contributed by atoms with Crippen LogP contribution < -0.4 is 5.32 Å². The Balaban J connectivity index is 1.95. The summed E-state index contributed by atoms with van der Waals surface area (Å²) in [5.41, 5.74) is 1.98. The molecule has 3 aromatic rings. The summed E-state index contributed by atoms with van der Waals surface area (Å²) >= 11 is 0. The summed E-state index contributed by atoms with van der Waals surface area (Å²) in [6, 6.07) is 11.5. The standard InChI is InChI=1S/C20H18F2N4O2/c1-12-18(19(22)26(2)25-12)20(27)24-17-7-5-4-6-15(17)13-8-9-14(11-23-28-3)16(21)10-13/h4-11H,1-3H3,(H,24,27)/b23-11+. The lowest BCUT2D eigenvalue weighted by Gasteiger charge is -2.12. The predicted octanol–water partition coefficient (Wildman–Crippen LogP) is 3.91. The van der Waals surface area contributed by atoms with E-state index in [4.69, 9.17) is 0 Å². The highest BCUT2D eigenvalue weighted by molar-refractivity contribution is 6.07. The molecule has 0 atom stereocenters. The number of hydrogen-bond acceptors (Lipinski definition) is 4. The number of nitrogens with zero attached hydrogens (tertiary/aromatic N) is 3. The number of rotatable bonds is 5. The van der Waals surface area contributed by atoms with Gasteiger partial charge in [0.05, 0.1) is 11.9 Å². The highest BCUT2D eigenvalue weighted by Gasteiger charge is 2.21. The Morgan fingerprint density at radius 1 is 1.25 bits per heavy atom. The molecule has 0 aliphatic rings. The van der Waals surface area contributed by atoms with Crippen molar-refractivity contribution in [1.82, 2.24) is 9.78 Å². The van der Waals surface area contributed by atoms with E-state index in [9.17, 15) is 13.6 Å². The molecule has 6 nitrogen and oxygen atoms in total. The lowest BCUT2D eigenvalue weighted by atomic mass is 10.0. The third kappa shape index (κ3) is 3.75. The van der Waals surface area contributed by atoms with E-state index in [2.05, 4.69) is 20.4 Å². The van der Waals surface area contributed by atoms with Gasteiger partial charge in [-0.05, 0) is 30.7 Å². The minimum absolute atomic E-state index is 0.130. The van der Waals surface area contributed by atoms with E-state index in [1.54, 1.807) is 43.3 Å². The molecule has 1 heterocycles. The molecule has 144 valence electrons. The fourth-order valence-corrected chi connectivity index (χ4v) is 2.83. The van der Waals surface area contributed by atoms with E-state index in [1.165, 1.54) is 26.4 Å². The molecule has 1 aromatic heterocycles. The fraction of sp³-hybridized carbons (Fsp3) is 0.150. The molecular formula is C20H18F2N4O2. The van der Waals surface area contributed by atoms with Gasteiger partial charge in [-0.2, -0.15) is 9.49 Å². The van der Waals surface area contributed by atoms with E-state index in [0.29, 0.717) is 16.8 Å². The van der Waals surface area contributed by atoms with Crippen molar-refractivity contribution in [3.05, 3.63) is 71.1 Å². The molecule has 0 fully saturated rings. The zero-order valence-corrected chi connectivity index (χ0v) is 15.5. The monoisotopic (exact) mass is 384 g/mol. The Bertz CT molecular complexity index is 1060. The second-order valence-corrected chi connectivity index (χ2v) is 6.03. The minimum Gasteiger partial charge on any atom is -0.399 e. The lowest BCUT2D eigenvalue weighted by molar-refractivity contribution is 0.102. The number of aromatic nitrogens is 2. The van der Waals surface area contributed by atoms with Gasteiger partial charge in [0.25, 0.3) is 5.91 Å². The molecule has 0 spiro atoms. The van der Waals surface area contributed by atoms with Crippen molar-refractivity contribution in [2.24, 2.45) is 12.2 Å². The fourth-order valence-electron chi connectivity index (χ4n) is 2.83. The minimum atomic E-state index is -0.722. The molecule has 0 bridgehead atoms. The van der Waals surface area contributed by atoms with Crippen molar-refractivity contribution >= 4 is 17.8 Å². The number of para-hydroxylation sites is 1. The smallest absolute Gasteiger partial charge is 0.262 e. The lowest BCUT2D eigenvalue weighted by Crippen LogP contribution is -2.15. The molecule has 0 aliphatic carbocycles. The molecule has 0 saturated heterocycles. The molecule has 28 heavy (non-hydrogen) atoms. The summed E-state index contributed by atoms with van der Waals surface area (Å²) in [7, 11) is 2.79. The zero-order valence-electron chi connectivity index (χ0n) is 15.5. The van der Waals surface area contributed by atoms with E-state index in [1.807, 2.05) is 0 Å². The van der Waals surface area contributed by atoms with Crippen molar-refractivity contribution in [2.45, 2.75) is 6.92 Å². The number of aryl methyl sites for hydroxylation is 2. The predicted molar refractivity (Wildman–Crippen MR) is 102 cm³/mol. The van der Waals surface area contributed by atoms with Crippen LogP contribution in [0.25, 0.3) is 11.1 Å². The van der Waals surface area contributed by atoms with Gasteiger partial charge in [0.1, 0.15) is 18.5 Å². The van der Waals surface area contributed by atoms with Crippen molar-refractivity contribution in [1.29, 1.82) is 0 Å². The van der Waals surface area contributed by atoms with Gasteiger partial charge >= 0.3 is 0 Å². The molecular weight excluding hydrogens is 366 g/mol.